The fraction of sp³-hybridized carbons (Fsp3) is 0.400. The lowest BCUT2D eigenvalue weighted by Gasteiger charge is -2.42. The Balaban J connectivity index is 1.59. The molecule has 35 heavy (non-hydrogen) atoms. The van der Waals surface area contributed by atoms with Crippen molar-refractivity contribution in [2.75, 3.05) is 18.0 Å². The van der Waals surface area contributed by atoms with Crippen molar-refractivity contribution in [2.45, 2.75) is 55.1 Å². The van der Waals surface area contributed by atoms with E-state index in [2.05, 4.69) is 14.9 Å². The Morgan fingerprint density at radius 1 is 1.17 bits per heavy atom. The predicted molar refractivity (Wildman–Crippen MR) is 138 cm³/mol. The van der Waals surface area contributed by atoms with Crippen molar-refractivity contribution >= 4 is 38.9 Å². The van der Waals surface area contributed by atoms with Crippen LogP contribution in [0.15, 0.2) is 59.8 Å². The van der Waals surface area contributed by atoms with E-state index in [9.17, 15) is 8.42 Å². The maximum Gasteiger partial charge on any atom is 0.243 e. The van der Waals surface area contributed by atoms with Crippen LogP contribution in [0.4, 0.5) is 5.69 Å². The van der Waals surface area contributed by atoms with E-state index in [1.54, 1.807) is 34.9 Å². The van der Waals surface area contributed by atoms with Crippen molar-refractivity contribution in [3.05, 3.63) is 71.3 Å². The standard InChI is InChI=1S/C25H28Cl2N4O3S/c1-25(27)16-22(31(17-24-28-11-12-29-24)19-7-5-18(26)6-8-19)21-15-20(9-10-23(21)34-25)35(32,33)30-13-3-2-4-14-30/h5-12,15,22H,2-4,13-14,16-17H2,1H3,(H,28,29)/t22-,25?/m0/s1. The number of anilines is 1. The molecule has 1 aromatic heterocycles. The summed E-state index contributed by atoms with van der Waals surface area (Å²) < 4.78 is 34.6. The number of rotatable bonds is 6. The number of hydrogen-bond donors (Lipinski definition) is 1. The minimum atomic E-state index is -3.60. The summed E-state index contributed by atoms with van der Waals surface area (Å²) in [5, 5.41) is -0.324. The number of H-pyrrole nitrogens is 1. The van der Waals surface area contributed by atoms with E-state index in [1.165, 1.54) is 0 Å². The zero-order valence-electron chi connectivity index (χ0n) is 19.5. The lowest BCUT2D eigenvalue weighted by atomic mass is 9.94. The van der Waals surface area contributed by atoms with E-state index >= 15 is 0 Å². The number of fused-ring (bicyclic) bond motifs is 1. The highest BCUT2D eigenvalue weighted by molar-refractivity contribution is 7.89. The van der Waals surface area contributed by atoms with Crippen molar-refractivity contribution in [3.8, 4) is 5.75 Å². The number of alkyl halides is 1. The fourth-order valence-corrected chi connectivity index (χ4v) is 6.77. The van der Waals surface area contributed by atoms with Gasteiger partial charge in [-0.2, -0.15) is 4.31 Å². The quantitative estimate of drug-likeness (QED) is 0.409. The van der Waals surface area contributed by atoms with Gasteiger partial charge in [0.2, 0.25) is 10.0 Å². The molecular formula is C25H28Cl2N4O3S. The summed E-state index contributed by atoms with van der Waals surface area (Å²) in [4.78, 5) is 10.0. The van der Waals surface area contributed by atoms with E-state index in [4.69, 9.17) is 27.9 Å². The average Bonchev–Trinajstić information content (AvgIpc) is 3.36. The number of aromatic nitrogens is 2. The molecule has 0 aliphatic carbocycles. The molecule has 2 aliphatic heterocycles. The number of aromatic amines is 1. The molecule has 1 unspecified atom stereocenters. The number of imidazole rings is 1. The van der Waals surface area contributed by atoms with Crippen molar-refractivity contribution in [2.24, 2.45) is 0 Å². The Kier molecular flexibility index (Phi) is 6.74. The molecule has 0 saturated carbocycles. The molecule has 1 saturated heterocycles. The highest BCUT2D eigenvalue weighted by Gasteiger charge is 2.40. The van der Waals surface area contributed by atoms with Crippen molar-refractivity contribution < 1.29 is 13.2 Å². The van der Waals surface area contributed by atoms with Gasteiger partial charge in [0.25, 0.3) is 0 Å². The Morgan fingerprint density at radius 2 is 1.91 bits per heavy atom. The smallest absolute Gasteiger partial charge is 0.243 e. The first-order valence-corrected chi connectivity index (χ1v) is 13.9. The molecule has 3 aromatic rings. The molecular weight excluding hydrogens is 507 g/mol. The van der Waals surface area contributed by atoms with Gasteiger partial charge in [-0.1, -0.05) is 29.6 Å². The maximum atomic E-state index is 13.5. The van der Waals surface area contributed by atoms with Crippen LogP contribution in [0.5, 0.6) is 5.75 Å². The summed E-state index contributed by atoms with van der Waals surface area (Å²) in [6, 6.07) is 12.4. The number of piperidine rings is 1. The summed E-state index contributed by atoms with van der Waals surface area (Å²) in [6.45, 7) is 3.40. The summed E-state index contributed by atoms with van der Waals surface area (Å²) in [7, 11) is -3.60. The minimum Gasteiger partial charge on any atom is -0.472 e. The zero-order chi connectivity index (χ0) is 24.6. The Labute approximate surface area is 216 Å². The highest BCUT2D eigenvalue weighted by Crippen LogP contribution is 2.47. The van der Waals surface area contributed by atoms with Crippen LogP contribution in [0.2, 0.25) is 5.02 Å². The van der Waals surface area contributed by atoms with Gasteiger partial charge < -0.3 is 14.6 Å². The number of halogens is 2. The van der Waals surface area contributed by atoms with Gasteiger partial charge in [0.1, 0.15) is 11.6 Å². The zero-order valence-corrected chi connectivity index (χ0v) is 21.8. The summed E-state index contributed by atoms with van der Waals surface area (Å²) in [5.74, 6) is 1.36. The number of hydrogen-bond acceptors (Lipinski definition) is 5. The van der Waals surface area contributed by atoms with Gasteiger partial charge in [0.15, 0.2) is 5.06 Å². The molecule has 0 radical (unpaired) electrons. The minimum absolute atomic E-state index is 0.260. The number of ether oxygens (including phenoxy) is 1. The van der Waals surface area contributed by atoms with Crippen LogP contribution in [-0.2, 0) is 16.6 Å². The summed E-state index contributed by atoms with van der Waals surface area (Å²) in [6.07, 6.45) is 6.76. The number of benzene rings is 2. The topological polar surface area (TPSA) is 78.5 Å². The fourth-order valence-electron chi connectivity index (χ4n) is 4.86. The molecule has 2 aliphatic rings. The molecule has 0 spiro atoms. The molecule has 1 fully saturated rings. The average molecular weight is 535 g/mol. The molecule has 10 heteroatoms. The van der Waals surface area contributed by atoms with Gasteiger partial charge in [0, 0.05) is 48.2 Å². The molecule has 0 amide bonds. The molecule has 3 heterocycles. The monoisotopic (exact) mass is 534 g/mol. The van der Waals surface area contributed by atoms with Crippen LogP contribution in [0.3, 0.4) is 0 Å². The summed E-state index contributed by atoms with van der Waals surface area (Å²) in [5.41, 5.74) is 1.70. The highest BCUT2D eigenvalue weighted by atomic mass is 35.5. The molecule has 7 nitrogen and oxygen atoms in total. The normalized spacial score (nSPS) is 22.9. The van der Waals surface area contributed by atoms with Crippen LogP contribution in [0.1, 0.15) is 50.0 Å². The van der Waals surface area contributed by atoms with Crippen molar-refractivity contribution in [1.82, 2.24) is 14.3 Å². The second-order valence-electron chi connectivity index (χ2n) is 9.23. The van der Waals surface area contributed by atoms with Gasteiger partial charge in [-0.15, -0.1) is 0 Å². The molecule has 2 aromatic carbocycles. The lowest BCUT2D eigenvalue weighted by molar-refractivity contribution is 0.132. The largest absolute Gasteiger partial charge is 0.472 e. The van der Waals surface area contributed by atoms with Crippen LogP contribution in [-0.4, -0.2) is 40.8 Å². The first-order chi connectivity index (χ1) is 16.7. The Morgan fingerprint density at radius 3 is 2.60 bits per heavy atom. The maximum absolute atomic E-state index is 13.5. The summed E-state index contributed by atoms with van der Waals surface area (Å²) >= 11 is 12.9. The molecule has 0 bridgehead atoms. The van der Waals surface area contributed by atoms with E-state index in [-0.39, 0.29) is 10.9 Å². The van der Waals surface area contributed by atoms with Crippen molar-refractivity contribution in [1.29, 1.82) is 0 Å². The second-order valence-corrected chi connectivity index (χ2v) is 12.4. The first-order valence-electron chi connectivity index (χ1n) is 11.8. The third-order valence-electron chi connectivity index (χ3n) is 6.58. The van der Waals surface area contributed by atoms with Gasteiger partial charge in [-0.25, -0.2) is 13.4 Å². The lowest BCUT2D eigenvalue weighted by Crippen LogP contribution is -2.40. The molecule has 2 atom stereocenters. The van der Waals surface area contributed by atoms with Gasteiger partial charge in [0.05, 0.1) is 17.5 Å². The first kappa shape index (κ1) is 24.4. The van der Waals surface area contributed by atoms with Gasteiger partial charge in [-0.05, 0) is 62.2 Å². The SMILES string of the molecule is CC1(Cl)C[C@H](N(Cc2ncc[nH]2)c2ccc(Cl)cc2)c2cc(S(=O)(=O)N3CCCCC3)ccc2O1. The van der Waals surface area contributed by atoms with Crippen LogP contribution < -0.4 is 9.64 Å². The number of nitrogens with zero attached hydrogens (tertiary/aromatic N) is 3. The van der Waals surface area contributed by atoms with Crippen LogP contribution >= 0.6 is 23.2 Å². The Bertz CT molecular complexity index is 1270. The molecule has 5 rings (SSSR count). The number of sulfonamides is 1. The van der Waals surface area contributed by atoms with E-state index in [0.29, 0.717) is 36.8 Å². The third-order valence-corrected chi connectivity index (χ3v) is 8.96. The van der Waals surface area contributed by atoms with Gasteiger partial charge in [-0.3, -0.25) is 0 Å². The predicted octanol–water partition coefficient (Wildman–Crippen LogP) is 5.72. The Hall–Kier alpha value is -2.26. The molecule has 186 valence electrons. The van der Waals surface area contributed by atoms with E-state index in [1.807, 2.05) is 31.2 Å². The van der Waals surface area contributed by atoms with Crippen LogP contribution in [0, 0.1) is 0 Å². The number of nitrogens with one attached hydrogen (secondary N) is 1. The van der Waals surface area contributed by atoms with Gasteiger partial charge >= 0.3 is 0 Å². The third kappa shape index (κ3) is 5.16. The second kappa shape index (κ2) is 9.65. The van der Waals surface area contributed by atoms with E-state index in [0.717, 1.165) is 36.3 Å². The van der Waals surface area contributed by atoms with Crippen LogP contribution in [0.25, 0.3) is 0 Å². The van der Waals surface area contributed by atoms with E-state index < -0.39 is 15.1 Å². The molecule has 1 N–H and O–H groups in total. The van der Waals surface area contributed by atoms with Crippen molar-refractivity contribution in [3.63, 3.8) is 0 Å².